The molecule has 0 aromatic heterocycles. The van der Waals surface area contributed by atoms with Crippen LogP contribution in [-0.4, -0.2) is 23.6 Å². The second kappa shape index (κ2) is 3.03. The summed E-state index contributed by atoms with van der Waals surface area (Å²) in [7, 11) is 0. The van der Waals surface area contributed by atoms with Crippen molar-refractivity contribution in [2.45, 2.75) is 31.3 Å². The Kier molecular flexibility index (Phi) is 1.70. The summed E-state index contributed by atoms with van der Waals surface area (Å²) in [4.78, 5) is 13.8. The first-order valence-electron chi connectivity index (χ1n) is 6.30. The van der Waals surface area contributed by atoms with Crippen LogP contribution >= 0.6 is 0 Å². The van der Waals surface area contributed by atoms with Gasteiger partial charge in [-0.25, -0.2) is 4.79 Å². The zero-order valence-electron chi connectivity index (χ0n) is 9.63. The van der Waals surface area contributed by atoms with Crippen molar-refractivity contribution in [3.05, 3.63) is 35.9 Å². The molecule has 1 aliphatic heterocycles. The second-order valence-electron chi connectivity index (χ2n) is 5.49. The van der Waals surface area contributed by atoms with E-state index in [1.807, 2.05) is 23.1 Å². The Morgan fingerprint density at radius 2 is 2.00 bits per heavy atom. The Labute approximate surface area is 100 Å². The summed E-state index contributed by atoms with van der Waals surface area (Å²) >= 11 is 0. The summed E-state index contributed by atoms with van der Waals surface area (Å²) in [6.07, 6.45) is 3.66. The van der Waals surface area contributed by atoms with Gasteiger partial charge in [0.2, 0.25) is 0 Å². The highest BCUT2D eigenvalue weighted by Gasteiger charge is 2.67. The fraction of sp³-hybridized carbons (Fsp3) is 0.500. The number of benzene rings is 1. The SMILES string of the molecule is O=C1OC[C@H](c2ccccc2)N1[C@@H]1CC12CC2. The molecule has 1 spiro atoms. The number of carbonyl (C=O) groups is 1. The molecule has 1 heterocycles. The van der Waals surface area contributed by atoms with Crippen LogP contribution in [-0.2, 0) is 4.74 Å². The highest BCUT2D eigenvalue weighted by Crippen LogP contribution is 2.69. The third kappa shape index (κ3) is 1.31. The van der Waals surface area contributed by atoms with Gasteiger partial charge in [-0.15, -0.1) is 0 Å². The molecule has 2 atom stereocenters. The van der Waals surface area contributed by atoms with E-state index >= 15 is 0 Å². The summed E-state index contributed by atoms with van der Waals surface area (Å²) in [5.41, 5.74) is 1.69. The quantitative estimate of drug-likeness (QED) is 0.780. The van der Waals surface area contributed by atoms with Crippen LogP contribution in [0.2, 0.25) is 0 Å². The van der Waals surface area contributed by atoms with Crippen molar-refractivity contribution in [3.8, 4) is 0 Å². The van der Waals surface area contributed by atoms with Crippen LogP contribution in [0.4, 0.5) is 4.79 Å². The van der Waals surface area contributed by atoms with E-state index < -0.39 is 0 Å². The molecular formula is C14H15NO2. The maximum Gasteiger partial charge on any atom is 0.410 e. The van der Waals surface area contributed by atoms with Crippen molar-refractivity contribution in [2.24, 2.45) is 5.41 Å². The van der Waals surface area contributed by atoms with E-state index in [-0.39, 0.29) is 12.1 Å². The van der Waals surface area contributed by atoms with E-state index in [9.17, 15) is 4.79 Å². The number of nitrogens with zero attached hydrogens (tertiary/aromatic N) is 1. The smallest absolute Gasteiger partial charge is 0.410 e. The molecule has 1 aromatic rings. The van der Waals surface area contributed by atoms with E-state index in [2.05, 4.69) is 12.1 Å². The molecule has 17 heavy (non-hydrogen) atoms. The van der Waals surface area contributed by atoms with Crippen molar-refractivity contribution in [3.63, 3.8) is 0 Å². The number of rotatable bonds is 2. The largest absolute Gasteiger partial charge is 0.447 e. The highest BCUT2D eigenvalue weighted by atomic mass is 16.6. The Hall–Kier alpha value is -1.51. The number of hydrogen-bond acceptors (Lipinski definition) is 2. The number of amides is 1. The number of carbonyl (C=O) groups excluding carboxylic acids is 1. The minimum absolute atomic E-state index is 0.118. The lowest BCUT2D eigenvalue weighted by atomic mass is 10.1. The Morgan fingerprint density at radius 1 is 1.24 bits per heavy atom. The van der Waals surface area contributed by atoms with Gasteiger partial charge in [-0.05, 0) is 30.2 Å². The molecule has 1 amide bonds. The minimum atomic E-state index is -0.118. The first-order chi connectivity index (χ1) is 8.30. The molecular weight excluding hydrogens is 214 g/mol. The third-order valence-electron chi connectivity index (χ3n) is 4.47. The normalized spacial score (nSPS) is 32.7. The molecule has 1 saturated heterocycles. The van der Waals surface area contributed by atoms with Gasteiger partial charge in [0.15, 0.2) is 0 Å². The van der Waals surface area contributed by atoms with Crippen molar-refractivity contribution in [1.29, 1.82) is 0 Å². The molecule has 3 nitrogen and oxygen atoms in total. The number of cyclic esters (lactones) is 1. The molecule has 2 aliphatic carbocycles. The Bertz CT molecular complexity index is 466. The maximum atomic E-state index is 11.9. The molecule has 0 unspecified atom stereocenters. The van der Waals surface area contributed by atoms with Crippen LogP contribution in [0.15, 0.2) is 30.3 Å². The molecule has 0 N–H and O–H groups in total. The van der Waals surface area contributed by atoms with Crippen LogP contribution in [0.1, 0.15) is 30.9 Å². The molecule has 0 radical (unpaired) electrons. The third-order valence-corrected chi connectivity index (χ3v) is 4.47. The van der Waals surface area contributed by atoms with Crippen LogP contribution in [0.5, 0.6) is 0 Å². The zero-order valence-corrected chi connectivity index (χ0v) is 9.63. The van der Waals surface area contributed by atoms with Crippen LogP contribution in [0.3, 0.4) is 0 Å². The highest BCUT2D eigenvalue weighted by molar-refractivity contribution is 5.72. The molecule has 3 fully saturated rings. The second-order valence-corrected chi connectivity index (χ2v) is 5.49. The summed E-state index contributed by atoms with van der Waals surface area (Å²) < 4.78 is 5.24. The van der Waals surface area contributed by atoms with Gasteiger partial charge in [-0.1, -0.05) is 30.3 Å². The van der Waals surface area contributed by atoms with E-state index in [1.54, 1.807) is 0 Å². The zero-order chi connectivity index (χ0) is 11.5. The summed E-state index contributed by atoms with van der Waals surface area (Å²) in [6.45, 7) is 0.509. The molecule has 88 valence electrons. The van der Waals surface area contributed by atoms with Gasteiger partial charge >= 0.3 is 6.09 Å². The van der Waals surface area contributed by atoms with Crippen LogP contribution in [0, 0.1) is 5.41 Å². The number of hydrogen-bond donors (Lipinski definition) is 0. The lowest BCUT2D eigenvalue weighted by Gasteiger charge is -2.22. The fourth-order valence-electron chi connectivity index (χ4n) is 3.13. The monoisotopic (exact) mass is 229 g/mol. The number of ether oxygens (including phenoxy) is 1. The molecule has 0 bridgehead atoms. The van der Waals surface area contributed by atoms with Crippen molar-refractivity contribution in [1.82, 2.24) is 4.90 Å². The van der Waals surface area contributed by atoms with Crippen molar-refractivity contribution >= 4 is 6.09 Å². The average Bonchev–Trinajstić information content (AvgIpc) is 3.25. The summed E-state index contributed by atoms with van der Waals surface area (Å²) in [5.74, 6) is 0. The van der Waals surface area contributed by atoms with Gasteiger partial charge in [0.25, 0.3) is 0 Å². The topological polar surface area (TPSA) is 29.5 Å². The van der Waals surface area contributed by atoms with Gasteiger partial charge < -0.3 is 4.74 Å². The van der Waals surface area contributed by atoms with Crippen molar-refractivity contribution in [2.75, 3.05) is 6.61 Å². The van der Waals surface area contributed by atoms with Gasteiger partial charge in [-0.3, -0.25) is 4.90 Å². The van der Waals surface area contributed by atoms with E-state index in [0.29, 0.717) is 18.1 Å². The maximum absolute atomic E-state index is 11.9. The van der Waals surface area contributed by atoms with Crippen molar-refractivity contribution < 1.29 is 9.53 Å². The lowest BCUT2D eigenvalue weighted by molar-refractivity contribution is 0.154. The Balaban J connectivity index is 1.64. The van der Waals surface area contributed by atoms with Gasteiger partial charge in [0.05, 0.1) is 6.04 Å². The Morgan fingerprint density at radius 3 is 2.65 bits per heavy atom. The van der Waals surface area contributed by atoms with E-state index in [4.69, 9.17) is 4.74 Å². The standard InChI is InChI=1S/C14H15NO2/c16-13-15(12-8-14(12)6-7-14)11(9-17-13)10-4-2-1-3-5-10/h1-5,11-12H,6-9H2/t11-,12-/m1/s1. The van der Waals surface area contributed by atoms with E-state index in [0.717, 1.165) is 0 Å². The minimum Gasteiger partial charge on any atom is -0.447 e. The summed E-state index contributed by atoms with van der Waals surface area (Å²) in [5, 5.41) is 0. The van der Waals surface area contributed by atoms with Gasteiger partial charge in [-0.2, -0.15) is 0 Å². The first kappa shape index (κ1) is 9.51. The van der Waals surface area contributed by atoms with Gasteiger partial charge in [0.1, 0.15) is 6.61 Å². The molecule has 3 heteroatoms. The van der Waals surface area contributed by atoms with E-state index in [1.165, 1.54) is 24.8 Å². The fourth-order valence-corrected chi connectivity index (χ4v) is 3.13. The average molecular weight is 229 g/mol. The molecule has 2 saturated carbocycles. The van der Waals surface area contributed by atoms with Crippen LogP contribution in [0.25, 0.3) is 0 Å². The lowest BCUT2D eigenvalue weighted by Crippen LogP contribution is -2.31. The predicted octanol–water partition coefficient (Wildman–Crippen LogP) is 2.73. The molecule has 4 rings (SSSR count). The first-order valence-corrected chi connectivity index (χ1v) is 6.30. The molecule has 1 aromatic carbocycles. The predicted molar refractivity (Wildman–Crippen MR) is 62.4 cm³/mol. The van der Waals surface area contributed by atoms with Gasteiger partial charge in [0, 0.05) is 6.04 Å². The molecule has 3 aliphatic rings. The van der Waals surface area contributed by atoms with Crippen LogP contribution < -0.4 is 0 Å². The summed E-state index contributed by atoms with van der Waals surface area (Å²) in [6, 6.07) is 10.8.